The van der Waals surface area contributed by atoms with Crippen molar-refractivity contribution in [3.05, 3.63) is 48.0 Å². The summed E-state index contributed by atoms with van der Waals surface area (Å²) in [5.41, 5.74) is 1.25. The topological polar surface area (TPSA) is 107 Å². The molecule has 134 valence electrons. The molecule has 1 heterocycles. The number of nitrogens with one attached hydrogen (secondary N) is 3. The van der Waals surface area contributed by atoms with Crippen LogP contribution in [0.15, 0.2) is 36.8 Å². The number of imidazole rings is 1. The predicted octanol–water partition coefficient (Wildman–Crippen LogP) is 1.30. The molecule has 4 N–H and O–H groups in total. The number of amides is 2. The van der Waals surface area contributed by atoms with Gasteiger partial charge in [0.2, 0.25) is 11.8 Å². The fourth-order valence-corrected chi connectivity index (χ4v) is 2.66. The Morgan fingerprint density at radius 1 is 1.28 bits per heavy atom. The zero-order valence-electron chi connectivity index (χ0n) is 14.7. The van der Waals surface area contributed by atoms with Crippen LogP contribution in [-0.2, 0) is 22.4 Å². The number of nitrogens with zero attached hydrogens (tertiary/aromatic N) is 1. The van der Waals surface area contributed by atoms with E-state index < -0.39 is 11.6 Å². The lowest BCUT2D eigenvalue weighted by atomic mass is 9.94. The van der Waals surface area contributed by atoms with Gasteiger partial charge >= 0.3 is 0 Å². The number of benzene rings is 1. The molecular formula is C18H24N4O3. The van der Waals surface area contributed by atoms with Crippen molar-refractivity contribution < 1.29 is 14.7 Å². The molecule has 0 fully saturated rings. The zero-order chi connectivity index (χ0) is 18.4. The third kappa shape index (κ3) is 5.95. The van der Waals surface area contributed by atoms with Crippen molar-refractivity contribution in [3.8, 4) is 5.75 Å². The van der Waals surface area contributed by atoms with Crippen LogP contribution in [0.2, 0.25) is 0 Å². The number of aromatic amines is 1. The van der Waals surface area contributed by atoms with Gasteiger partial charge in [0, 0.05) is 30.8 Å². The Bertz CT molecular complexity index is 708. The zero-order valence-corrected chi connectivity index (χ0v) is 14.7. The molecule has 0 aliphatic carbocycles. The number of phenolic OH excluding ortho intramolecular Hbond substituents is 1. The van der Waals surface area contributed by atoms with Gasteiger partial charge in [0.05, 0.1) is 6.33 Å². The molecule has 0 unspecified atom stereocenters. The first-order valence-corrected chi connectivity index (χ1v) is 8.09. The molecular weight excluding hydrogens is 320 g/mol. The summed E-state index contributed by atoms with van der Waals surface area (Å²) in [6.07, 6.45) is 4.09. The smallest absolute Gasteiger partial charge is 0.243 e. The average molecular weight is 344 g/mol. The molecule has 0 radical (unpaired) electrons. The van der Waals surface area contributed by atoms with Crippen molar-refractivity contribution in [1.82, 2.24) is 20.6 Å². The number of carbonyl (C=O) groups excluding carboxylic acids is 2. The minimum Gasteiger partial charge on any atom is -0.508 e. The largest absolute Gasteiger partial charge is 0.508 e. The Labute approximate surface area is 146 Å². The van der Waals surface area contributed by atoms with Crippen molar-refractivity contribution in [3.63, 3.8) is 0 Å². The lowest BCUT2D eigenvalue weighted by Gasteiger charge is -2.29. The summed E-state index contributed by atoms with van der Waals surface area (Å²) in [7, 11) is 0. The molecule has 2 amide bonds. The standard InChI is InChI=1S/C18H24N4O3/c1-12(23)21-16(8-14-10-19-11-20-14)17(25)22-18(2,3)9-13-4-6-15(24)7-5-13/h4-7,10-11,16,24H,8-9H2,1-3H3,(H,19,20)(H,21,23)(H,22,25)/t16-/m0/s1. The van der Waals surface area contributed by atoms with Gasteiger partial charge < -0.3 is 20.7 Å². The van der Waals surface area contributed by atoms with E-state index in [1.165, 1.54) is 13.3 Å². The van der Waals surface area contributed by atoms with E-state index in [2.05, 4.69) is 20.6 Å². The van der Waals surface area contributed by atoms with E-state index in [1.807, 2.05) is 26.0 Å². The van der Waals surface area contributed by atoms with Crippen molar-refractivity contribution in [2.45, 2.75) is 45.2 Å². The summed E-state index contributed by atoms with van der Waals surface area (Å²) in [4.78, 5) is 31.0. The van der Waals surface area contributed by atoms with Gasteiger partial charge in [-0.25, -0.2) is 4.98 Å². The van der Waals surface area contributed by atoms with Crippen LogP contribution in [0.4, 0.5) is 0 Å². The molecule has 2 aromatic rings. The highest BCUT2D eigenvalue weighted by Gasteiger charge is 2.27. The highest BCUT2D eigenvalue weighted by Crippen LogP contribution is 2.16. The van der Waals surface area contributed by atoms with E-state index in [-0.39, 0.29) is 17.6 Å². The van der Waals surface area contributed by atoms with Gasteiger partial charge in [-0.1, -0.05) is 12.1 Å². The average Bonchev–Trinajstić information content (AvgIpc) is 3.01. The van der Waals surface area contributed by atoms with E-state index in [0.717, 1.165) is 11.3 Å². The van der Waals surface area contributed by atoms with E-state index in [4.69, 9.17) is 0 Å². The fourth-order valence-electron chi connectivity index (χ4n) is 2.66. The van der Waals surface area contributed by atoms with Crippen LogP contribution in [-0.4, -0.2) is 38.5 Å². The number of hydrogen-bond donors (Lipinski definition) is 4. The molecule has 7 nitrogen and oxygen atoms in total. The summed E-state index contributed by atoms with van der Waals surface area (Å²) < 4.78 is 0. The van der Waals surface area contributed by atoms with Crippen LogP contribution < -0.4 is 10.6 Å². The Morgan fingerprint density at radius 3 is 2.52 bits per heavy atom. The lowest BCUT2D eigenvalue weighted by molar-refractivity contribution is -0.129. The third-order valence-electron chi connectivity index (χ3n) is 3.72. The maximum absolute atomic E-state index is 12.7. The number of rotatable bonds is 7. The Kier molecular flexibility index (Phi) is 5.80. The van der Waals surface area contributed by atoms with Gasteiger partial charge in [-0.3, -0.25) is 9.59 Å². The van der Waals surface area contributed by atoms with E-state index in [0.29, 0.717) is 12.8 Å². The molecule has 25 heavy (non-hydrogen) atoms. The van der Waals surface area contributed by atoms with Crippen LogP contribution in [0.3, 0.4) is 0 Å². The number of aromatic hydroxyl groups is 1. The number of hydrogen-bond acceptors (Lipinski definition) is 4. The molecule has 0 spiro atoms. The van der Waals surface area contributed by atoms with Crippen molar-refractivity contribution >= 4 is 11.8 Å². The number of H-pyrrole nitrogens is 1. The van der Waals surface area contributed by atoms with Gasteiger partial charge in [0.15, 0.2) is 0 Å². The van der Waals surface area contributed by atoms with E-state index in [9.17, 15) is 14.7 Å². The van der Waals surface area contributed by atoms with Crippen LogP contribution in [0.5, 0.6) is 5.75 Å². The molecule has 0 aliphatic heterocycles. The summed E-state index contributed by atoms with van der Waals surface area (Å²) in [6.45, 7) is 5.21. The van der Waals surface area contributed by atoms with Crippen LogP contribution >= 0.6 is 0 Å². The summed E-state index contributed by atoms with van der Waals surface area (Å²) >= 11 is 0. The maximum atomic E-state index is 12.7. The van der Waals surface area contributed by atoms with Crippen LogP contribution in [0.1, 0.15) is 32.0 Å². The number of aromatic nitrogens is 2. The first kappa shape index (κ1) is 18.5. The van der Waals surface area contributed by atoms with Gasteiger partial charge in [0.1, 0.15) is 11.8 Å². The van der Waals surface area contributed by atoms with Gasteiger partial charge in [-0.2, -0.15) is 0 Å². The maximum Gasteiger partial charge on any atom is 0.243 e. The van der Waals surface area contributed by atoms with Gasteiger partial charge in [-0.15, -0.1) is 0 Å². The predicted molar refractivity (Wildman–Crippen MR) is 93.9 cm³/mol. The van der Waals surface area contributed by atoms with Gasteiger partial charge in [-0.05, 0) is 38.0 Å². The van der Waals surface area contributed by atoms with Crippen LogP contribution in [0, 0.1) is 0 Å². The Hall–Kier alpha value is -2.83. The van der Waals surface area contributed by atoms with E-state index in [1.54, 1.807) is 18.3 Å². The van der Waals surface area contributed by atoms with E-state index >= 15 is 0 Å². The first-order valence-electron chi connectivity index (χ1n) is 8.09. The minimum absolute atomic E-state index is 0.205. The van der Waals surface area contributed by atoms with Crippen molar-refractivity contribution in [2.24, 2.45) is 0 Å². The Balaban J connectivity index is 2.04. The van der Waals surface area contributed by atoms with Crippen molar-refractivity contribution in [1.29, 1.82) is 0 Å². The molecule has 1 aromatic carbocycles. The van der Waals surface area contributed by atoms with Crippen molar-refractivity contribution in [2.75, 3.05) is 0 Å². The minimum atomic E-state index is -0.683. The normalized spacial score (nSPS) is 12.4. The summed E-state index contributed by atoms with van der Waals surface area (Å²) in [5.74, 6) is -0.319. The second kappa shape index (κ2) is 7.83. The summed E-state index contributed by atoms with van der Waals surface area (Å²) in [5, 5.41) is 15.0. The molecule has 0 saturated heterocycles. The highest BCUT2D eigenvalue weighted by atomic mass is 16.3. The fraction of sp³-hybridized carbons (Fsp3) is 0.389. The molecule has 1 aromatic heterocycles. The molecule has 0 saturated carbocycles. The number of phenols is 1. The quantitative estimate of drug-likeness (QED) is 0.607. The third-order valence-corrected chi connectivity index (χ3v) is 3.72. The van der Waals surface area contributed by atoms with Gasteiger partial charge in [0.25, 0.3) is 0 Å². The second-order valence-corrected chi connectivity index (χ2v) is 6.75. The van der Waals surface area contributed by atoms with Crippen LogP contribution in [0.25, 0.3) is 0 Å². The molecule has 1 atom stereocenters. The summed E-state index contributed by atoms with van der Waals surface area (Å²) in [6, 6.07) is 6.19. The SMILES string of the molecule is CC(=O)N[C@@H](Cc1cnc[nH]1)C(=O)NC(C)(C)Cc1ccc(O)cc1. The number of carbonyl (C=O) groups is 2. The molecule has 0 aliphatic rings. The Morgan fingerprint density at radius 2 is 1.96 bits per heavy atom. The molecule has 2 rings (SSSR count). The first-order chi connectivity index (χ1) is 11.7. The highest BCUT2D eigenvalue weighted by molar-refractivity contribution is 5.87. The second-order valence-electron chi connectivity index (χ2n) is 6.75. The molecule has 0 bridgehead atoms. The lowest BCUT2D eigenvalue weighted by Crippen LogP contribution is -2.54. The molecule has 7 heteroatoms. The monoisotopic (exact) mass is 344 g/mol.